The zero-order valence-corrected chi connectivity index (χ0v) is 21.0. The first kappa shape index (κ1) is 31.6. The number of rotatable bonds is 18. The first-order valence-electron chi connectivity index (χ1n) is 11.3. The van der Waals surface area contributed by atoms with Crippen LogP contribution in [0.2, 0.25) is 0 Å². The van der Waals surface area contributed by atoms with E-state index in [1.807, 2.05) is 6.26 Å². The first-order chi connectivity index (χ1) is 15.9. The molecule has 0 spiro atoms. The molecule has 10 N–H and O–H groups in total. The molecular formula is C21H40N6O6S. The number of unbranched alkanes of at least 4 members (excludes halogenated alkanes) is 1. The van der Waals surface area contributed by atoms with E-state index in [-0.39, 0.29) is 31.6 Å². The van der Waals surface area contributed by atoms with Gasteiger partial charge in [0, 0.05) is 6.42 Å². The lowest BCUT2D eigenvalue weighted by molar-refractivity contribution is -0.142. The van der Waals surface area contributed by atoms with Gasteiger partial charge in [0.2, 0.25) is 23.6 Å². The summed E-state index contributed by atoms with van der Waals surface area (Å²) in [5.74, 6) is -3.39. The van der Waals surface area contributed by atoms with Crippen LogP contribution >= 0.6 is 11.8 Å². The molecule has 0 aromatic rings. The molecule has 4 amide bonds. The number of carboxylic acid groups (broad SMARTS) is 1. The van der Waals surface area contributed by atoms with Crippen molar-refractivity contribution in [2.24, 2.45) is 23.1 Å². The molecule has 0 aromatic heterocycles. The highest BCUT2D eigenvalue weighted by Gasteiger charge is 2.31. The van der Waals surface area contributed by atoms with E-state index in [0.29, 0.717) is 25.1 Å². The Hall–Kier alpha value is -2.38. The summed E-state index contributed by atoms with van der Waals surface area (Å²) in [6, 6.07) is -4.10. The van der Waals surface area contributed by atoms with Gasteiger partial charge < -0.3 is 38.3 Å². The highest BCUT2D eigenvalue weighted by Crippen LogP contribution is 2.08. The van der Waals surface area contributed by atoms with Crippen molar-refractivity contribution in [1.82, 2.24) is 16.0 Å². The highest BCUT2D eigenvalue weighted by atomic mass is 32.2. The minimum atomic E-state index is -1.17. The number of carbonyl (C=O) groups is 5. The lowest BCUT2D eigenvalue weighted by atomic mass is 10.0. The molecule has 4 unspecified atom stereocenters. The van der Waals surface area contributed by atoms with Gasteiger partial charge in [0.15, 0.2) is 0 Å². The van der Waals surface area contributed by atoms with Crippen molar-refractivity contribution in [2.75, 3.05) is 18.6 Å². The minimum Gasteiger partial charge on any atom is -0.480 e. The van der Waals surface area contributed by atoms with Crippen LogP contribution in [-0.4, -0.2) is 77.4 Å². The fraction of sp³-hybridized carbons (Fsp3) is 0.762. The molecule has 12 nitrogen and oxygen atoms in total. The molecule has 0 aliphatic carbocycles. The Balaban J connectivity index is 5.30. The number of carboxylic acids is 1. The summed E-state index contributed by atoms with van der Waals surface area (Å²) >= 11 is 1.47. The summed E-state index contributed by atoms with van der Waals surface area (Å²) in [6.45, 7) is 3.84. The third-order valence-corrected chi connectivity index (χ3v) is 5.73. The number of carbonyl (C=O) groups excluding carboxylic acids is 4. The van der Waals surface area contributed by atoms with Crippen molar-refractivity contribution in [3.63, 3.8) is 0 Å². The van der Waals surface area contributed by atoms with E-state index in [1.165, 1.54) is 11.8 Å². The van der Waals surface area contributed by atoms with Crippen molar-refractivity contribution >= 4 is 41.4 Å². The molecule has 0 aliphatic heterocycles. The smallest absolute Gasteiger partial charge is 0.326 e. The van der Waals surface area contributed by atoms with Crippen LogP contribution in [0, 0.1) is 5.92 Å². The Morgan fingerprint density at radius 1 is 0.882 bits per heavy atom. The predicted molar refractivity (Wildman–Crippen MR) is 131 cm³/mol. The van der Waals surface area contributed by atoms with Gasteiger partial charge in [0.25, 0.3) is 0 Å². The van der Waals surface area contributed by atoms with E-state index < -0.39 is 53.8 Å². The summed E-state index contributed by atoms with van der Waals surface area (Å²) < 4.78 is 0. The van der Waals surface area contributed by atoms with Crippen LogP contribution in [0.3, 0.4) is 0 Å². The SMILES string of the molecule is CSCCC(NC(=O)C(N)CCC(N)=O)C(=O)NC(C(=O)NC(CCCCN)C(=O)O)C(C)C. The molecule has 0 saturated heterocycles. The van der Waals surface area contributed by atoms with Crippen LogP contribution in [0.5, 0.6) is 0 Å². The van der Waals surface area contributed by atoms with Crippen molar-refractivity contribution < 1.29 is 29.1 Å². The third kappa shape index (κ3) is 12.8. The van der Waals surface area contributed by atoms with Crippen LogP contribution in [0.25, 0.3) is 0 Å². The number of primary amides is 1. The minimum absolute atomic E-state index is 0.0375. The van der Waals surface area contributed by atoms with E-state index in [2.05, 4.69) is 16.0 Å². The van der Waals surface area contributed by atoms with E-state index in [9.17, 15) is 29.1 Å². The van der Waals surface area contributed by atoms with Crippen LogP contribution in [0.15, 0.2) is 0 Å². The van der Waals surface area contributed by atoms with Crippen LogP contribution < -0.4 is 33.2 Å². The zero-order chi connectivity index (χ0) is 26.3. The molecule has 0 aromatic carbocycles. The highest BCUT2D eigenvalue weighted by molar-refractivity contribution is 7.98. The second-order valence-corrected chi connectivity index (χ2v) is 9.35. The van der Waals surface area contributed by atoms with E-state index in [4.69, 9.17) is 17.2 Å². The van der Waals surface area contributed by atoms with Gasteiger partial charge in [-0.3, -0.25) is 19.2 Å². The topological polar surface area (TPSA) is 220 Å². The van der Waals surface area contributed by atoms with Crippen LogP contribution in [-0.2, 0) is 24.0 Å². The van der Waals surface area contributed by atoms with Gasteiger partial charge in [-0.2, -0.15) is 11.8 Å². The summed E-state index contributed by atoms with van der Waals surface area (Å²) in [6.07, 6.45) is 3.47. The van der Waals surface area contributed by atoms with E-state index in [1.54, 1.807) is 13.8 Å². The van der Waals surface area contributed by atoms with E-state index in [0.717, 1.165) is 0 Å². The Morgan fingerprint density at radius 2 is 1.50 bits per heavy atom. The Bertz CT molecular complexity index is 693. The summed E-state index contributed by atoms with van der Waals surface area (Å²) in [7, 11) is 0. The molecule has 0 bridgehead atoms. The fourth-order valence-electron chi connectivity index (χ4n) is 3.01. The normalized spacial score (nSPS) is 14.5. The standard InChI is InChI=1S/C21H40N6O6S/c1-12(2)17(20(31)26-15(21(32)33)6-4-5-10-22)27-19(30)14(9-11-34-3)25-18(29)13(23)7-8-16(24)28/h12-15,17H,4-11,22-23H2,1-3H3,(H2,24,28)(H,25,29)(H,26,31)(H,27,30)(H,32,33). The van der Waals surface area contributed by atoms with Gasteiger partial charge >= 0.3 is 5.97 Å². The summed E-state index contributed by atoms with van der Waals surface area (Å²) in [4.78, 5) is 60.6. The Morgan fingerprint density at radius 3 is 2.00 bits per heavy atom. The van der Waals surface area contributed by atoms with Gasteiger partial charge in [-0.15, -0.1) is 0 Å². The number of nitrogens with one attached hydrogen (secondary N) is 3. The van der Waals surface area contributed by atoms with Gasteiger partial charge in [-0.05, 0) is 56.6 Å². The maximum atomic E-state index is 13.0. The fourth-order valence-corrected chi connectivity index (χ4v) is 3.48. The second-order valence-electron chi connectivity index (χ2n) is 8.37. The average Bonchev–Trinajstić information content (AvgIpc) is 2.76. The summed E-state index contributed by atoms with van der Waals surface area (Å²) in [5.41, 5.74) is 16.3. The summed E-state index contributed by atoms with van der Waals surface area (Å²) in [5, 5.41) is 17.1. The Kier molecular flexibility index (Phi) is 15.9. The van der Waals surface area contributed by atoms with Gasteiger partial charge in [0.05, 0.1) is 6.04 Å². The molecule has 0 heterocycles. The number of hydrogen-bond donors (Lipinski definition) is 7. The number of amides is 4. The van der Waals surface area contributed by atoms with Crippen LogP contribution in [0.1, 0.15) is 52.4 Å². The molecule has 34 heavy (non-hydrogen) atoms. The molecule has 0 aliphatic rings. The monoisotopic (exact) mass is 504 g/mol. The van der Waals surface area contributed by atoms with Gasteiger partial charge in [-0.1, -0.05) is 13.8 Å². The molecule has 4 atom stereocenters. The second kappa shape index (κ2) is 17.1. The van der Waals surface area contributed by atoms with Crippen molar-refractivity contribution in [2.45, 2.75) is 76.5 Å². The molecule has 0 saturated carbocycles. The third-order valence-electron chi connectivity index (χ3n) is 5.09. The van der Waals surface area contributed by atoms with Crippen molar-refractivity contribution in [1.29, 1.82) is 0 Å². The Labute approximate surface area is 204 Å². The zero-order valence-electron chi connectivity index (χ0n) is 20.2. The van der Waals surface area contributed by atoms with Crippen LogP contribution in [0.4, 0.5) is 0 Å². The largest absolute Gasteiger partial charge is 0.480 e. The average molecular weight is 505 g/mol. The molecule has 0 fully saturated rings. The van der Waals surface area contributed by atoms with E-state index >= 15 is 0 Å². The predicted octanol–water partition coefficient (Wildman–Crippen LogP) is -1.34. The maximum Gasteiger partial charge on any atom is 0.326 e. The molecule has 0 radical (unpaired) electrons. The first-order valence-corrected chi connectivity index (χ1v) is 12.7. The number of thioether (sulfide) groups is 1. The number of hydrogen-bond acceptors (Lipinski definition) is 8. The van der Waals surface area contributed by atoms with Crippen molar-refractivity contribution in [3.8, 4) is 0 Å². The number of nitrogens with two attached hydrogens (primary N) is 3. The molecule has 0 rings (SSSR count). The van der Waals surface area contributed by atoms with Gasteiger partial charge in [0.1, 0.15) is 18.1 Å². The van der Waals surface area contributed by atoms with Crippen molar-refractivity contribution in [3.05, 3.63) is 0 Å². The molecule has 196 valence electrons. The van der Waals surface area contributed by atoms with Gasteiger partial charge in [-0.25, -0.2) is 4.79 Å². The quantitative estimate of drug-likeness (QED) is 0.110. The lowest BCUT2D eigenvalue weighted by Crippen LogP contribution is -2.58. The maximum absolute atomic E-state index is 13.0. The lowest BCUT2D eigenvalue weighted by Gasteiger charge is -2.27. The molecular weight excluding hydrogens is 464 g/mol. The number of aliphatic carboxylic acids is 1. The molecule has 13 heteroatoms.